The smallest absolute Gasteiger partial charge is 0.336 e. The second-order valence-corrected chi connectivity index (χ2v) is 6.29. The molecule has 5 heteroatoms. The number of carbonyl (C=O) groups excluding carboxylic acids is 1. The fourth-order valence-electron chi connectivity index (χ4n) is 3.10. The molecule has 0 amide bonds. The summed E-state index contributed by atoms with van der Waals surface area (Å²) in [6.45, 7) is 1.96. The molecule has 0 unspecified atom stereocenters. The Hall–Kier alpha value is -3.34. The van der Waals surface area contributed by atoms with Crippen LogP contribution in [-0.4, -0.2) is 11.0 Å². The normalized spacial score (nSPS) is 11.1. The molecule has 0 aliphatic heterocycles. The van der Waals surface area contributed by atoms with Crippen LogP contribution >= 0.6 is 0 Å². The van der Waals surface area contributed by atoms with Crippen LogP contribution in [-0.2, 0) is 22.6 Å². The summed E-state index contributed by atoms with van der Waals surface area (Å²) in [6.07, 6.45) is 1.99. The largest absolute Gasteiger partial charge is 0.461 e. The molecule has 0 fully saturated rings. The van der Waals surface area contributed by atoms with E-state index in [0.29, 0.717) is 11.1 Å². The van der Waals surface area contributed by atoms with Crippen molar-refractivity contribution in [3.63, 3.8) is 0 Å². The van der Waals surface area contributed by atoms with Gasteiger partial charge in [0, 0.05) is 34.1 Å². The molecule has 0 spiro atoms. The molecule has 2 aromatic heterocycles. The van der Waals surface area contributed by atoms with Crippen molar-refractivity contribution in [2.45, 2.75) is 20.0 Å². The van der Waals surface area contributed by atoms with E-state index in [2.05, 4.69) is 4.98 Å². The molecule has 0 atom stereocenters. The monoisotopic (exact) mass is 347 g/mol. The van der Waals surface area contributed by atoms with Crippen LogP contribution in [0.3, 0.4) is 0 Å². The minimum absolute atomic E-state index is 0.0341. The van der Waals surface area contributed by atoms with Gasteiger partial charge in [-0.05, 0) is 30.2 Å². The number of aromatic nitrogens is 1. The number of benzene rings is 2. The Labute approximate surface area is 149 Å². The predicted octanol–water partition coefficient (Wildman–Crippen LogP) is 3.87. The first-order valence-corrected chi connectivity index (χ1v) is 8.34. The van der Waals surface area contributed by atoms with Gasteiger partial charge in [-0.25, -0.2) is 4.79 Å². The number of esters is 1. The van der Waals surface area contributed by atoms with E-state index >= 15 is 0 Å². The Morgan fingerprint density at radius 1 is 1.08 bits per heavy atom. The zero-order valence-corrected chi connectivity index (χ0v) is 14.2. The number of rotatable bonds is 4. The molecule has 0 bridgehead atoms. The summed E-state index contributed by atoms with van der Waals surface area (Å²) < 4.78 is 10.6. The van der Waals surface area contributed by atoms with Gasteiger partial charge in [0.2, 0.25) is 0 Å². The van der Waals surface area contributed by atoms with Crippen molar-refractivity contribution in [2.75, 3.05) is 0 Å². The maximum absolute atomic E-state index is 12.3. The van der Waals surface area contributed by atoms with Gasteiger partial charge in [0.1, 0.15) is 12.2 Å². The summed E-state index contributed by atoms with van der Waals surface area (Å²) in [6, 6.07) is 14.8. The van der Waals surface area contributed by atoms with E-state index in [1.165, 1.54) is 6.07 Å². The van der Waals surface area contributed by atoms with Crippen molar-refractivity contribution in [1.29, 1.82) is 0 Å². The molecule has 0 aliphatic rings. The van der Waals surface area contributed by atoms with Crippen LogP contribution in [0.2, 0.25) is 0 Å². The van der Waals surface area contributed by atoms with Crippen LogP contribution in [0, 0.1) is 6.92 Å². The van der Waals surface area contributed by atoms with Crippen molar-refractivity contribution < 1.29 is 13.9 Å². The van der Waals surface area contributed by atoms with E-state index in [1.54, 1.807) is 6.07 Å². The van der Waals surface area contributed by atoms with Gasteiger partial charge in [-0.2, -0.15) is 0 Å². The van der Waals surface area contributed by atoms with Crippen LogP contribution in [0.4, 0.5) is 0 Å². The summed E-state index contributed by atoms with van der Waals surface area (Å²) in [5.41, 5.74) is 3.56. The number of carbonyl (C=O) groups is 1. The van der Waals surface area contributed by atoms with E-state index in [-0.39, 0.29) is 19.0 Å². The van der Waals surface area contributed by atoms with Gasteiger partial charge < -0.3 is 14.1 Å². The number of fused-ring (bicyclic) bond motifs is 2. The number of H-pyrrole nitrogens is 1. The number of hydrogen-bond acceptors (Lipinski definition) is 4. The molecule has 4 aromatic rings. The highest BCUT2D eigenvalue weighted by Crippen LogP contribution is 2.21. The lowest BCUT2D eigenvalue weighted by Crippen LogP contribution is -2.09. The number of nitrogens with one attached hydrogen (secondary N) is 1. The van der Waals surface area contributed by atoms with Gasteiger partial charge in [-0.15, -0.1) is 0 Å². The first kappa shape index (κ1) is 16.1. The Morgan fingerprint density at radius 3 is 2.81 bits per heavy atom. The molecule has 0 radical (unpaired) electrons. The summed E-state index contributed by atoms with van der Waals surface area (Å²) in [5, 5.41) is 1.78. The molecular formula is C21H17NO4. The topological polar surface area (TPSA) is 72.3 Å². The first-order chi connectivity index (χ1) is 12.6. The summed E-state index contributed by atoms with van der Waals surface area (Å²) >= 11 is 0. The second kappa shape index (κ2) is 6.52. The predicted molar refractivity (Wildman–Crippen MR) is 99.0 cm³/mol. The Morgan fingerprint density at radius 2 is 1.92 bits per heavy atom. The second-order valence-electron chi connectivity index (χ2n) is 6.29. The highest BCUT2D eigenvalue weighted by atomic mass is 16.5. The van der Waals surface area contributed by atoms with Crippen molar-refractivity contribution >= 4 is 27.8 Å². The van der Waals surface area contributed by atoms with Crippen molar-refractivity contribution in [1.82, 2.24) is 4.98 Å². The van der Waals surface area contributed by atoms with Gasteiger partial charge in [0.15, 0.2) is 0 Å². The lowest BCUT2D eigenvalue weighted by atomic mass is 10.1. The van der Waals surface area contributed by atoms with E-state index in [9.17, 15) is 9.59 Å². The number of para-hydroxylation sites is 1. The SMILES string of the molecule is Cc1ccc2c(COC(=O)Cc3c[nH]c4ccccc34)cc(=O)oc2c1. The van der Waals surface area contributed by atoms with E-state index < -0.39 is 5.63 Å². The molecule has 4 rings (SSSR count). The van der Waals surface area contributed by atoms with E-state index in [0.717, 1.165) is 27.4 Å². The highest BCUT2D eigenvalue weighted by Gasteiger charge is 2.12. The van der Waals surface area contributed by atoms with E-state index in [1.807, 2.05) is 49.5 Å². The Bertz CT molecular complexity index is 1170. The number of ether oxygens (including phenoxy) is 1. The lowest BCUT2D eigenvalue weighted by Gasteiger charge is -2.07. The molecule has 1 N–H and O–H groups in total. The maximum Gasteiger partial charge on any atom is 0.336 e. The molecular weight excluding hydrogens is 330 g/mol. The summed E-state index contributed by atoms with van der Waals surface area (Å²) in [5.74, 6) is -0.344. The third-order valence-corrected chi connectivity index (χ3v) is 4.38. The zero-order valence-electron chi connectivity index (χ0n) is 14.2. The van der Waals surface area contributed by atoms with Crippen molar-refractivity contribution in [3.8, 4) is 0 Å². The third kappa shape index (κ3) is 3.11. The van der Waals surface area contributed by atoms with Gasteiger partial charge in [0.05, 0.1) is 6.42 Å². The quantitative estimate of drug-likeness (QED) is 0.449. The lowest BCUT2D eigenvalue weighted by molar-refractivity contribution is -0.144. The molecule has 130 valence electrons. The van der Waals surface area contributed by atoms with Gasteiger partial charge in [0.25, 0.3) is 0 Å². The van der Waals surface area contributed by atoms with Crippen LogP contribution in [0.15, 0.2) is 63.9 Å². The average molecular weight is 347 g/mol. The Balaban J connectivity index is 1.53. The first-order valence-electron chi connectivity index (χ1n) is 8.34. The van der Waals surface area contributed by atoms with Gasteiger partial charge >= 0.3 is 11.6 Å². The third-order valence-electron chi connectivity index (χ3n) is 4.38. The van der Waals surface area contributed by atoms with Crippen LogP contribution in [0.25, 0.3) is 21.9 Å². The summed E-state index contributed by atoms with van der Waals surface area (Å²) in [4.78, 5) is 27.2. The minimum atomic E-state index is -0.453. The molecule has 0 saturated carbocycles. The zero-order chi connectivity index (χ0) is 18.1. The molecule has 5 nitrogen and oxygen atoms in total. The van der Waals surface area contributed by atoms with Crippen molar-refractivity contribution in [3.05, 3.63) is 81.8 Å². The average Bonchev–Trinajstić information content (AvgIpc) is 3.02. The van der Waals surface area contributed by atoms with Crippen LogP contribution in [0.5, 0.6) is 0 Å². The van der Waals surface area contributed by atoms with Gasteiger partial charge in [-0.3, -0.25) is 4.79 Å². The van der Waals surface area contributed by atoms with E-state index in [4.69, 9.17) is 9.15 Å². The van der Waals surface area contributed by atoms with Crippen LogP contribution < -0.4 is 5.63 Å². The Kier molecular flexibility index (Phi) is 4.05. The maximum atomic E-state index is 12.3. The highest BCUT2D eigenvalue weighted by molar-refractivity contribution is 5.87. The number of hydrogen-bond donors (Lipinski definition) is 1. The van der Waals surface area contributed by atoms with Crippen LogP contribution in [0.1, 0.15) is 16.7 Å². The fourth-order valence-corrected chi connectivity index (χ4v) is 3.10. The number of aromatic amines is 1. The standard InChI is InChI=1S/C21H17NO4/c1-13-6-7-17-15(10-21(24)26-19(17)8-13)12-25-20(23)9-14-11-22-18-5-3-2-4-16(14)18/h2-8,10-11,22H,9,12H2,1H3. The minimum Gasteiger partial charge on any atom is -0.461 e. The summed E-state index contributed by atoms with van der Waals surface area (Å²) in [7, 11) is 0. The molecule has 0 aliphatic carbocycles. The number of aryl methyl sites for hydroxylation is 1. The molecule has 26 heavy (non-hydrogen) atoms. The molecule has 2 aromatic carbocycles. The molecule has 2 heterocycles. The molecule has 0 saturated heterocycles. The van der Waals surface area contributed by atoms with Crippen molar-refractivity contribution in [2.24, 2.45) is 0 Å². The fraction of sp³-hybridized carbons (Fsp3) is 0.143. The van der Waals surface area contributed by atoms with Gasteiger partial charge in [-0.1, -0.05) is 30.3 Å².